The van der Waals surface area contributed by atoms with Gasteiger partial charge in [-0.15, -0.1) is 11.3 Å². The number of piperidine rings is 3. The predicted octanol–water partition coefficient (Wildman–Crippen LogP) is 5.98. The molecule has 3 saturated heterocycles. The van der Waals surface area contributed by atoms with Crippen LogP contribution < -0.4 is 4.74 Å². The summed E-state index contributed by atoms with van der Waals surface area (Å²) >= 11 is 1.86. The number of nitrogens with zero attached hydrogens (tertiary/aromatic N) is 2. The molecule has 0 saturated carbocycles. The van der Waals surface area contributed by atoms with Crippen LogP contribution in [0.1, 0.15) is 19.8 Å². The van der Waals surface area contributed by atoms with E-state index in [4.69, 9.17) is 9.72 Å². The molecule has 0 aliphatic carbocycles. The van der Waals surface area contributed by atoms with Crippen LogP contribution in [0.4, 0.5) is 0 Å². The van der Waals surface area contributed by atoms with Gasteiger partial charge in [-0.1, -0.05) is 36.4 Å². The maximum atomic E-state index is 6.38. The molecule has 0 N–H and O–H groups in total. The largest absolute Gasteiger partial charge is 0.472 e. The summed E-state index contributed by atoms with van der Waals surface area (Å²) < 4.78 is 9.04. The van der Waals surface area contributed by atoms with Gasteiger partial charge in [0.25, 0.3) is 0 Å². The summed E-state index contributed by atoms with van der Waals surface area (Å²) in [6, 6.07) is 19.9. The number of thiophene rings is 1. The van der Waals surface area contributed by atoms with E-state index in [1.165, 1.54) is 51.7 Å². The first-order chi connectivity index (χ1) is 14.3. The van der Waals surface area contributed by atoms with E-state index in [1.807, 2.05) is 23.6 Å². The van der Waals surface area contributed by atoms with Crippen molar-refractivity contribution in [3.8, 4) is 17.0 Å². The second-order valence-corrected chi connectivity index (χ2v) is 9.41. The van der Waals surface area contributed by atoms with Crippen molar-refractivity contribution in [2.45, 2.75) is 31.9 Å². The van der Waals surface area contributed by atoms with Gasteiger partial charge in [0.2, 0.25) is 5.88 Å². The number of hydrogen-bond donors (Lipinski definition) is 0. The first-order valence-corrected chi connectivity index (χ1v) is 11.4. The number of fused-ring (bicyclic) bond motifs is 6. The minimum absolute atomic E-state index is 0.266. The topological polar surface area (TPSA) is 25.4 Å². The second kappa shape index (κ2) is 6.82. The average Bonchev–Trinajstić information content (AvgIpc) is 3.16. The van der Waals surface area contributed by atoms with E-state index in [0.29, 0.717) is 12.0 Å². The molecule has 0 amide bonds. The molecule has 2 aromatic heterocycles. The summed E-state index contributed by atoms with van der Waals surface area (Å²) in [7, 11) is 0. The standard InChI is InChI=1S/C25H24N2OS/c1-16-24(17-11-13-27(16)14-12-17)28-23-10-9-18(15-26-23)19-6-4-7-21-20-5-2-3-8-22(20)29-25(19)21/h2-10,15-17,24H,11-14H2,1H3. The Morgan fingerprint density at radius 1 is 0.966 bits per heavy atom. The fraction of sp³-hybridized carbons (Fsp3) is 0.320. The van der Waals surface area contributed by atoms with Crippen LogP contribution >= 0.6 is 11.3 Å². The van der Waals surface area contributed by atoms with Crippen molar-refractivity contribution in [1.82, 2.24) is 9.88 Å². The first kappa shape index (κ1) is 17.4. The number of hydrogen-bond acceptors (Lipinski definition) is 4. The minimum Gasteiger partial charge on any atom is -0.472 e. The van der Waals surface area contributed by atoms with Crippen molar-refractivity contribution in [3.63, 3.8) is 0 Å². The smallest absolute Gasteiger partial charge is 0.213 e. The van der Waals surface area contributed by atoms with Crippen LogP contribution in [0.5, 0.6) is 5.88 Å². The van der Waals surface area contributed by atoms with Crippen molar-refractivity contribution in [2.24, 2.45) is 5.92 Å². The fourth-order valence-electron chi connectivity index (χ4n) is 5.17. The van der Waals surface area contributed by atoms with Gasteiger partial charge in [-0.05, 0) is 50.9 Å². The molecular formula is C25H24N2OS. The van der Waals surface area contributed by atoms with Crippen molar-refractivity contribution in [2.75, 3.05) is 13.1 Å². The lowest BCUT2D eigenvalue weighted by Crippen LogP contribution is -2.58. The van der Waals surface area contributed by atoms with Crippen LogP contribution in [-0.4, -0.2) is 35.1 Å². The second-order valence-electron chi connectivity index (χ2n) is 8.36. The highest BCUT2D eigenvalue weighted by atomic mass is 32.1. The van der Waals surface area contributed by atoms with Crippen LogP contribution in [0.15, 0.2) is 60.8 Å². The highest BCUT2D eigenvalue weighted by Gasteiger charge is 2.41. The molecule has 3 fully saturated rings. The molecule has 0 spiro atoms. The summed E-state index contributed by atoms with van der Waals surface area (Å²) in [6.45, 7) is 4.74. The van der Waals surface area contributed by atoms with Crippen molar-refractivity contribution in [1.29, 1.82) is 0 Å². The molecule has 3 aliphatic heterocycles. The summed E-state index contributed by atoms with van der Waals surface area (Å²) in [5.74, 6) is 1.42. The molecule has 4 heteroatoms. The molecular weight excluding hydrogens is 376 g/mol. The molecule has 0 radical (unpaired) electrons. The SMILES string of the molecule is CC1C(Oc2ccc(-c3cccc4c3sc3ccccc34)cn2)C2CCN1CC2. The number of pyridine rings is 1. The Balaban J connectivity index is 1.32. The average molecular weight is 401 g/mol. The van der Waals surface area contributed by atoms with Crippen molar-refractivity contribution >= 4 is 31.5 Å². The lowest BCUT2D eigenvalue weighted by molar-refractivity contribution is -0.0525. The molecule has 2 atom stereocenters. The molecule has 2 unspecified atom stereocenters. The molecule has 3 nitrogen and oxygen atoms in total. The third-order valence-electron chi connectivity index (χ3n) is 6.80. The predicted molar refractivity (Wildman–Crippen MR) is 121 cm³/mol. The molecule has 2 aromatic carbocycles. The number of benzene rings is 2. The van der Waals surface area contributed by atoms with Crippen LogP contribution in [0.3, 0.4) is 0 Å². The summed E-state index contributed by atoms with van der Waals surface area (Å²) in [5, 5.41) is 2.66. The third-order valence-corrected chi connectivity index (χ3v) is 8.02. The van der Waals surface area contributed by atoms with Gasteiger partial charge in [-0.2, -0.15) is 0 Å². The Hall–Kier alpha value is -2.43. The Kier molecular flexibility index (Phi) is 4.10. The zero-order valence-electron chi connectivity index (χ0n) is 16.5. The fourth-order valence-corrected chi connectivity index (χ4v) is 6.41. The molecule has 5 heterocycles. The lowest BCUT2D eigenvalue weighted by Gasteiger charge is -2.49. The van der Waals surface area contributed by atoms with E-state index < -0.39 is 0 Å². The van der Waals surface area contributed by atoms with Gasteiger partial charge < -0.3 is 4.74 Å². The summed E-state index contributed by atoms with van der Waals surface area (Å²) in [4.78, 5) is 7.25. The summed E-state index contributed by atoms with van der Waals surface area (Å²) in [6.07, 6.45) is 4.74. The van der Waals surface area contributed by atoms with Gasteiger partial charge in [0, 0.05) is 49.6 Å². The van der Waals surface area contributed by atoms with Gasteiger partial charge >= 0.3 is 0 Å². The van der Waals surface area contributed by atoms with E-state index in [-0.39, 0.29) is 6.10 Å². The molecule has 4 aromatic rings. The van der Waals surface area contributed by atoms with Crippen LogP contribution in [0.2, 0.25) is 0 Å². The highest BCUT2D eigenvalue weighted by molar-refractivity contribution is 7.26. The van der Waals surface area contributed by atoms with E-state index >= 15 is 0 Å². The van der Waals surface area contributed by atoms with Gasteiger partial charge in [0.05, 0.1) is 0 Å². The first-order valence-electron chi connectivity index (χ1n) is 10.6. The van der Waals surface area contributed by atoms with Crippen LogP contribution in [0.25, 0.3) is 31.3 Å². The summed E-state index contributed by atoms with van der Waals surface area (Å²) in [5.41, 5.74) is 2.40. The Bertz CT molecular complexity index is 1170. The molecule has 2 bridgehead atoms. The molecule has 3 aliphatic rings. The van der Waals surface area contributed by atoms with Crippen LogP contribution in [-0.2, 0) is 0 Å². The Labute approximate surface area is 174 Å². The maximum Gasteiger partial charge on any atom is 0.213 e. The number of rotatable bonds is 3. The number of ether oxygens (including phenoxy) is 1. The van der Waals surface area contributed by atoms with Crippen LogP contribution in [0, 0.1) is 5.92 Å². The Morgan fingerprint density at radius 2 is 1.79 bits per heavy atom. The van der Waals surface area contributed by atoms with Gasteiger partial charge in [0.1, 0.15) is 6.10 Å². The van der Waals surface area contributed by atoms with E-state index in [0.717, 1.165) is 11.4 Å². The third kappa shape index (κ3) is 2.85. The van der Waals surface area contributed by atoms with Gasteiger partial charge in [-0.25, -0.2) is 4.98 Å². The monoisotopic (exact) mass is 400 g/mol. The normalized spacial score (nSPS) is 26.2. The minimum atomic E-state index is 0.266. The van der Waals surface area contributed by atoms with Crippen molar-refractivity contribution in [3.05, 3.63) is 60.8 Å². The van der Waals surface area contributed by atoms with E-state index in [9.17, 15) is 0 Å². The van der Waals surface area contributed by atoms with Crippen molar-refractivity contribution < 1.29 is 4.74 Å². The Morgan fingerprint density at radius 3 is 2.59 bits per heavy atom. The molecule has 29 heavy (non-hydrogen) atoms. The zero-order valence-corrected chi connectivity index (χ0v) is 17.4. The zero-order chi connectivity index (χ0) is 19.4. The maximum absolute atomic E-state index is 6.38. The van der Waals surface area contributed by atoms with Gasteiger partial charge in [0.15, 0.2) is 0 Å². The lowest BCUT2D eigenvalue weighted by atomic mass is 9.81. The highest BCUT2D eigenvalue weighted by Crippen LogP contribution is 2.40. The van der Waals surface area contributed by atoms with E-state index in [1.54, 1.807) is 0 Å². The molecule has 146 valence electrons. The number of aromatic nitrogens is 1. The quantitative estimate of drug-likeness (QED) is 0.423. The van der Waals surface area contributed by atoms with Gasteiger partial charge in [-0.3, -0.25) is 4.90 Å². The van der Waals surface area contributed by atoms with E-state index in [2.05, 4.69) is 60.4 Å². The molecule has 7 rings (SSSR count).